The quantitative estimate of drug-likeness (QED) is 0.760. The van der Waals surface area contributed by atoms with Crippen molar-refractivity contribution in [3.05, 3.63) is 0 Å². The normalized spacial score (nSPS) is 39.7. The van der Waals surface area contributed by atoms with Crippen molar-refractivity contribution in [2.75, 3.05) is 6.61 Å². The van der Waals surface area contributed by atoms with Crippen LogP contribution in [0.3, 0.4) is 0 Å². The van der Waals surface area contributed by atoms with Crippen LogP contribution in [0.5, 0.6) is 0 Å². The fourth-order valence-corrected chi connectivity index (χ4v) is 3.45. The number of rotatable bonds is 3. The van der Waals surface area contributed by atoms with Crippen molar-refractivity contribution in [2.45, 2.75) is 25.7 Å². The summed E-state index contributed by atoms with van der Waals surface area (Å²) < 4.78 is 0. The average Bonchev–Trinajstić information content (AvgIpc) is 2.84. The Morgan fingerprint density at radius 1 is 1.27 bits per heavy atom. The van der Waals surface area contributed by atoms with E-state index in [1.54, 1.807) is 0 Å². The second-order valence-corrected chi connectivity index (χ2v) is 4.98. The molecule has 0 aliphatic heterocycles. The smallest absolute Gasteiger partial charge is 0.0697 e. The standard InChI is InChI=1S/C12H16N2O/c13-5-9(7-15)3-10-1-8-2-11(6-14)12(10)4-8/h8-12,15H,1-4,7H2. The van der Waals surface area contributed by atoms with Crippen molar-refractivity contribution in [3.63, 3.8) is 0 Å². The zero-order valence-corrected chi connectivity index (χ0v) is 8.76. The molecular weight excluding hydrogens is 188 g/mol. The van der Waals surface area contributed by atoms with Gasteiger partial charge < -0.3 is 5.11 Å². The fourth-order valence-electron chi connectivity index (χ4n) is 3.45. The molecule has 1 N–H and O–H groups in total. The van der Waals surface area contributed by atoms with Gasteiger partial charge in [-0.05, 0) is 43.4 Å². The summed E-state index contributed by atoms with van der Waals surface area (Å²) in [4.78, 5) is 0. The second kappa shape index (κ2) is 4.21. The third kappa shape index (κ3) is 1.85. The minimum absolute atomic E-state index is 0.0401. The van der Waals surface area contributed by atoms with Crippen molar-refractivity contribution in [1.82, 2.24) is 0 Å². The lowest BCUT2D eigenvalue weighted by Gasteiger charge is -2.26. The highest BCUT2D eigenvalue weighted by molar-refractivity contribution is 5.04. The summed E-state index contributed by atoms with van der Waals surface area (Å²) in [6.07, 6.45) is 4.19. The van der Waals surface area contributed by atoms with E-state index in [1.807, 2.05) is 0 Å². The topological polar surface area (TPSA) is 67.8 Å². The molecule has 0 aromatic carbocycles. The van der Waals surface area contributed by atoms with Crippen LogP contribution < -0.4 is 0 Å². The predicted octanol–water partition coefficient (Wildman–Crippen LogP) is 1.69. The summed E-state index contributed by atoms with van der Waals surface area (Å²) in [6.45, 7) is -0.0401. The third-order valence-corrected chi connectivity index (χ3v) is 4.11. The van der Waals surface area contributed by atoms with Gasteiger partial charge in [0.2, 0.25) is 0 Å². The molecule has 3 heteroatoms. The van der Waals surface area contributed by atoms with E-state index >= 15 is 0 Å². The van der Waals surface area contributed by atoms with Crippen LogP contribution in [0.15, 0.2) is 0 Å². The Morgan fingerprint density at radius 2 is 2.07 bits per heavy atom. The minimum atomic E-state index is -0.228. The van der Waals surface area contributed by atoms with Gasteiger partial charge in [-0.1, -0.05) is 0 Å². The molecule has 2 aliphatic carbocycles. The van der Waals surface area contributed by atoms with Gasteiger partial charge in [-0.15, -0.1) is 0 Å². The first-order chi connectivity index (χ1) is 7.28. The van der Waals surface area contributed by atoms with E-state index < -0.39 is 0 Å². The Kier molecular flexibility index (Phi) is 2.93. The zero-order valence-electron chi connectivity index (χ0n) is 8.76. The number of hydrogen-bond acceptors (Lipinski definition) is 3. The lowest BCUT2D eigenvalue weighted by molar-refractivity contribution is 0.195. The van der Waals surface area contributed by atoms with Gasteiger partial charge in [-0.2, -0.15) is 10.5 Å². The highest BCUT2D eigenvalue weighted by Gasteiger charge is 2.46. The highest BCUT2D eigenvalue weighted by atomic mass is 16.3. The molecule has 2 fully saturated rings. The minimum Gasteiger partial charge on any atom is -0.395 e. The highest BCUT2D eigenvalue weighted by Crippen LogP contribution is 2.53. The first kappa shape index (κ1) is 10.5. The molecular formula is C12H16N2O. The average molecular weight is 204 g/mol. The largest absolute Gasteiger partial charge is 0.395 e. The molecule has 0 aromatic heterocycles. The molecule has 2 rings (SSSR count). The summed E-state index contributed by atoms with van der Waals surface area (Å²) in [5, 5.41) is 26.8. The van der Waals surface area contributed by atoms with E-state index in [-0.39, 0.29) is 18.4 Å². The van der Waals surface area contributed by atoms with Gasteiger partial charge in [-0.3, -0.25) is 0 Å². The van der Waals surface area contributed by atoms with Gasteiger partial charge in [-0.25, -0.2) is 0 Å². The number of nitriles is 2. The van der Waals surface area contributed by atoms with E-state index in [4.69, 9.17) is 15.6 Å². The summed E-state index contributed by atoms with van der Waals surface area (Å²) in [6, 6.07) is 4.53. The molecule has 2 saturated carbocycles. The van der Waals surface area contributed by atoms with E-state index in [0.29, 0.717) is 17.8 Å². The summed E-state index contributed by atoms with van der Waals surface area (Å²) in [7, 11) is 0. The van der Waals surface area contributed by atoms with E-state index in [1.165, 1.54) is 12.8 Å². The molecule has 80 valence electrons. The van der Waals surface area contributed by atoms with Crippen molar-refractivity contribution >= 4 is 0 Å². The van der Waals surface area contributed by atoms with Crippen molar-refractivity contribution in [3.8, 4) is 12.1 Å². The maximum absolute atomic E-state index is 8.99. The molecule has 3 nitrogen and oxygen atoms in total. The van der Waals surface area contributed by atoms with Gasteiger partial charge in [0.1, 0.15) is 0 Å². The van der Waals surface area contributed by atoms with E-state index in [9.17, 15) is 0 Å². The van der Waals surface area contributed by atoms with E-state index in [0.717, 1.165) is 12.8 Å². The molecule has 0 spiro atoms. The van der Waals surface area contributed by atoms with Crippen LogP contribution in [0.25, 0.3) is 0 Å². The van der Waals surface area contributed by atoms with E-state index in [2.05, 4.69) is 12.1 Å². The van der Waals surface area contributed by atoms with Gasteiger partial charge in [0.15, 0.2) is 0 Å². The van der Waals surface area contributed by atoms with Crippen LogP contribution in [0, 0.1) is 52.3 Å². The lowest BCUT2D eigenvalue weighted by Crippen LogP contribution is -2.22. The Balaban J connectivity index is 1.96. The Labute approximate surface area is 90.3 Å². The number of aliphatic hydroxyl groups is 1. The fraction of sp³-hybridized carbons (Fsp3) is 0.833. The molecule has 15 heavy (non-hydrogen) atoms. The summed E-state index contributed by atoms with van der Waals surface area (Å²) in [5.74, 6) is 1.70. The number of fused-ring (bicyclic) bond motifs is 2. The number of nitrogens with zero attached hydrogens (tertiary/aromatic N) is 2. The molecule has 0 radical (unpaired) electrons. The maximum Gasteiger partial charge on any atom is 0.0697 e. The lowest BCUT2D eigenvalue weighted by atomic mass is 9.77. The molecule has 0 amide bonds. The van der Waals surface area contributed by atoms with Crippen molar-refractivity contribution in [1.29, 1.82) is 10.5 Å². The van der Waals surface area contributed by atoms with Crippen LogP contribution in [0.4, 0.5) is 0 Å². The van der Waals surface area contributed by atoms with Gasteiger partial charge >= 0.3 is 0 Å². The molecule has 2 bridgehead atoms. The monoisotopic (exact) mass is 204 g/mol. The first-order valence-corrected chi connectivity index (χ1v) is 5.68. The molecule has 0 aromatic rings. The molecule has 5 unspecified atom stereocenters. The van der Waals surface area contributed by atoms with Gasteiger partial charge in [0.05, 0.1) is 24.7 Å². The van der Waals surface area contributed by atoms with Crippen LogP contribution in [-0.2, 0) is 0 Å². The second-order valence-electron chi connectivity index (χ2n) is 4.98. The molecule has 0 heterocycles. The Bertz CT molecular complexity index is 315. The Hall–Kier alpha value is -1.06. The SMILES string of the molecule is N#CC(CO)CC1CC2CC(C#N)C1C2. The van der Waals surface area contributed by atoms with Crippen molar-refractivity contribution < 1.29 is 5.11 Å². The maximum atomic E-state index is 8.99. The Morgan fingerprint density at radius 3 is 2.60 bits per heavy atom. The molecule has 5 atom stereocenters. The van der Waals surface area contributed by atoms with Gasteiger partial charge in [0.25, 0.3) is 0 Å². The van der Waals surface area contributed by atoms with Gasteiger partial charge in [0, 0.05) is 5.92 Å². The van der Waals surface area contributed by atoms with Crippen molar-refractivity contribution in [2.24, 2.45) is 29.6 Å². The summed E-state index contributed by atoms with van der Waals surface area (Å²) >= 11 is 0. The first-order valence-electron chi connectivity index (χ1n) is 5.68. The predicted molar refractivity (Wildman–Crippen MR) is 54.2 cm³/mol. The number of hydrogen-bond donors (Lipinski definition) is 1. The van der Waals surface area contributed by atoms with Crippen LogP contribution in [0.2, 0.25) is 0 Å². The number of aliphatic hydroxyl groups excluding tert-OH is 1. The van der Waals surface area contributed by atoms with Crippen LogP contribution in [0.1, 0.15) is 25.7 Å². The zero-order chi connectivity index (χ0) is 10.8. The van der Waals surface area contributed by atoms with Crippen LogP contribution in [-0.4, -0.2) is 11.7 Å². The molecule has 2 aliphatic rings. The third-order valence-electron chi connectivity index (χ3n) is 4.11. The summed E-state index contributed by atoms with van der Waals surface area (Å²) in [5.41, 5.74) is 0. The molecule has 0 saturated heterocycles. The van der Waals surface area contributed by atoms with Crippen LogP contribution >= 0.6 is 0 Å².